The number of hydrogen-bond donors (Lipinski definition) is 1. The molecule has 2 aliphatic rings. The number of aromatic nitrogens is 4. The van der Waals surface area contributed by atoms with E-state index in [-0.39, 0.29) is 11.9 Å². The molecule has 1 N–H and O–H groups in total. The van der Waals surface area contributed by atoms with E-state index < -0.39 is 6.04 Å². The molecular weight excluding hydrogens is 392 g/mol. The van der Waals surface area contributed by atoms with Crippen molar-refractivity contribution in [2.45, 2.75) is 38.6 Å². The zero-order chi connectivity index (χ0) is 20.2. The predicted octanol–water partition coefficient (Wildman–Crippen LogP) is 3.48. The number of piperidine rings is 1. The van der Waals surface area contributed by atoms with Gasteiger partial charge in [0, 0.05) is 37.3 Å². The smallest absolute Gasteiger partial charge is 0.316 e. The highest BCUT2D eigenvalue weighted by atomic mass is 35.5. The monoisotopic (exact) mass is 414 g/mol. The van der Waals surface area contributed by atoms with Crippen LogP contribution in [0.3, 0.4) is 0 Å². The molecule has 1 amide bonds. The summed E-state index contributed by atoms with van der Waals surface area (Å²) in [5.41, 5.74) is 1.98. The third-order valence-corrected chi connectivity index (χ3v) is 6.51. The highest BCUT2D eigenvalue weighted by Crippen LogP contribution is 2.53. The molecule has 1 atom stereocenters. The summed E-state index contributed by atoms with van der Waals surface area (Å²) in [6.45, 7) is 3.50. The Balaban J connectivity index is 1.30. The first-order valence-electron chi connectivity index (χ1n) is 9.95. The van der Waals surface area contributed by atoms with Gasteiger partial charge in [0.25, 0.3) is 0 Å². The van der Waals surface area contributed by atoms with E-state index in [4.69, 9.17) is 16.0 Å². The van der Waals surface area contributed by atoms with Gasteiger partial charge in [-0.15, -0.1) is 5.10 Å². The number of nitrogens with zero attached hydrogens (tertiary/aromatic N) is 5. The van der Waals surface area contributed by atoms with Crippen LogP contribution in [0.1, 0.15) is 32.6 Å². The Kier molecular flexibility index (Phi) is 4.27. The van der Waals surface area contributed by atoms with Crippen LogP contribution in [0.5, 0.6) is 0 Å². The fourth-order valence-electron chi connectivity index (χ4n) is 4.16. The quantitative estimate of drug-likeness (QED) is 0.703. The van der Waals surface area contributed by atoms with Crippen LogP contribution in [0.2, 0.25) is 5.02 Å². The molecular formula is C20H23ClN6O2. The van der Waals surface area contributed by atoms with Gasteiger partial charge in [0.15, 0.2) is 0 Å². The fraction of sp³-hybridized carbons (Fsp3) is 0.500. The van der Waals surface area contributed by atoms with Crippen molar-refractivity contribution >= 4 is 34.4 Å². The van der Waals surface area contributed by atoms with E-state index in [1.54, 1.807) is 10.7 Å². The number of benzene rings is 1. The highest BCUT2D eigenvalue weighted by molar-refractivity contribution is 6.35. The molecule has 2 aromatic heterocycles. The van der Waals surface area contributed by atoms with Crippen LogP contribution in [-0.4, -0.2) is 49.9 Å². The van der Waals surface area contributed by atoms with E-state index in [2.05, 4.69) is 20.6 Å². The number of hydrogen-bond acceptors (Lipinski definition) is 6. The summed E-state index contributed by atoms with van der Waals surface area (Å²) in [6, 6.07) is 3.39. The maximum Gasteiger partial charge on any atom is 0.316 e. The molecule has 1 aromatic carbocycles. The summed E-state index contributed by atoms with van der Waals surface area (Å²) in [7, 11) is 1.83. The average molecular weight is 415 g/mol. The van der Waals surface area contributed by atoms with Crippen molar-refractivity contribution < 1.29 is 9.21 Å². The van der Waals surface area contributed by atoms with E-state index in [1.165, 1.54) is 12.8 Å². The van der Waals surface area contributed by atoms with Crippen LogP contribution in [0.15, 0.2) is 22.7 Å². The molecule has 0 bridgehead atoms. The molecule has 8 nitrogen and oxygen atoms in total. The van der Waals surface area contributed by atoms with Crippen LogP contribution in [-0.2, 0) is 11.8 Å². The van der Waals surface area contributed by atoms with Gasteiger partial charge in [-0.2, -0.15) is 5.10 Å². The molecule has 1 spiro atoms. The number of anilines is 1. The van der Waals surface area contributed by atoms with Crippen LogP contribution < -0.4 is 5.32 Å². The number of amides is 1. The zero-order valence-electron chi connectivity index (χ0n) is 16.5. The van der Waals surface area contributed by atoms with E-state index >= 15 is 0 Å². The molecule has 3 heterocycles. The second kappa shape index (κ2) is 6.73. The number of likely N-dealkylation sites (tertiary alicyclic amines) is 1. The molecule has 3 aromatic rings. The lowest BCUT2D eigenvalue weighted by molar-refractivity contribution is -0.133. The molecule has 0 unspecified atom stereocenters. The summed E-state index contributed by atoms with van der Waals surface area (Å²) in [5, 5.41) is 17.0. The minimum absolute atomic E-state index is 0.0707. The first-order chi connectivity index (χ1) is 13.9. The summed E-state index contributed by atoms with van der Waals surface area (Å²) in [6.07, 6.45) is 6.75. The Morgan fingerprint density at radius 2 is 2.00 bits per heavy atom. The number of nitrogens with one attached hydrogen (secondary N) is 1. The Bertz CT molecular complexity index is 1080. The number of carbonyl (C=O) groups excluding carboxylic acids is 1. The van der Waals surface area contributed by atoms with Crippen LogP contribution in [0.4, 0.5) is 6.01 Å². The van der Waals surface area contributed by atoms with E-state index in [9.17, 15) is 4.79 Å². The molecule has 1 aliphatic heterocycles. The van der Waals surface area contributed by atoms with Gasteiger partial charge in [-0.25, -0.2) is 0 Å². The van der Waals surface area contributed by atoms with Gasteiger partial charge in [-0.3, -0.25) is 9.48 Å². The standard InChI is InChI=1S/C20H23ClN6O2/c1-12(18(28)27-9-7-20(5-6-20)8-10-27)22-19-24-23-17(29-19)13-3-4-15(21)16-14(13)11-26(2)25-16/h3-4,11-12H,5-10H2,1-2H3,(H,22,24)/t12-/m0/s1. The number of carbonyl (C=O) groups is 1. The lowest BCUT2D eigenvalue weighted by Gasteiger charge is -2.33. The summed E-state index contributed by atoms with van der Waals surface area (Å²) < 4.78 is 7.49. The molecule has 152 valence electrons. The van der Waals surface area contributed by atoms with Crippen molar-refractivity contribution in [3.8, 4) is 11.5 Å². The summed E-state index contributed by atoms with van der Waals surface area (Å²) in [5.74, 6) is 0.428. The first kappa shape index (κ1) is 18.4. The van der Waals surface area contributed by atoms with Crippen molar-refractivity contribution in [3.63, 3.8) is 0 Å². The van der Waals surface area contributed by atoms with Gasteiger partial charge in [0.1, 0.15) is 11.6 Å². The summed E-state index contributed by atoms with van der Waals surface area (Å²) >= 11 is 6.24. The lowest BCUT2D eigenvalue weighted by atomic mass is 9.93. The minimum atomic E-state index is -0.430. The third kappa shape index (κ3) is 3.35. The molecule has 1 aliphatic carbocycles. The van der Waals surface area contributed by atoms with Gasteiger partial charge in [0.2, 0.25) is 11.8 Å². The van der Waals surface area contributed by atoms with Crippen molar-refractivity contribution in [1.29, 1.82) is 0 Å². The SMILES string of the molecule is C[C@H](Nc1nnc(-c2ccc(Cl)c3nn(C)cc23)o1)C(=O)N1CCC2(CC1)CC2. The Labute approximate surface area is 173 Å². The van der Waals surface area contributed by atoms with Crippen molar-refractivity contribution in [2.75, 3.05) is 18.4 Å². The third-order valence-electron chi connectivity index (χ3n) is 6.20. The zero-order valence-corrected chi connectivity index (χ0v) is 17.2. The lowest BCUT2D eigenvalue weighted by Crippen LogP contribution is -2.45. The topological polar surface area (TPSA) is 89.1 Å². The van der Waals surface area contributed by atoms with Crippen LogP contribution >= 0.6 is 11.6 Å². The molecule has 0 radical (unpaired) electrons. The van der Waals surface area contributed by atoms with Gasteiger partial charge >= 0.3 is 6.01 Å². The maximum absolute atomic E-state index is 12.8. The molecule has 1 saturated heterocycles. The Morgan fingerprint density at radius 1 is 1.24 bits per heavy atom. The van der Waals surface area contributed by atoms with Crippen LogP contribution in [0, 0.1) is 5.41 Å². The van der Waals surface area contributed by atoms with Crippen molar-refractivity contribution in [3.05, 3.63) is 23.4 Å². The predicted molar refractivity (Wildman–Crippen MR) is 110 cm³/mol. The number of rotatable bonds is 4. The fourth-order valence-corrected chi connectivity index (χ4v) is 4.37. The second-order valence-electron chi connectivity index (χ2n) is 8.26. The van der Waals surface area contributed by atoms with Gasteiger partial charge in [0.05, 0.1) is 5.02 Å². The van der Waals surface area contributed by atoms with Crippen LogP contribution in [0.25, 0.3) is 22.4 Å². The molecule has 29 heavy (non-hydrogen) atoms. The molecule has 2 fully saturated rings. The molecule has 5 rings (SSSR count). The van der Waals surface area contributed by atoms with Crippen molar-refractivity contribution in [2.24, 2.45) is 12.5 Å². The average Bonchev–Trinajstić information content (AvgIpc) is 3.11. The first-order valence-corrected chi connectivity index (χ1v) is 10.3. The Hall–Kier alpha value is -2.61. The minimum Gasteiger partial charge on any atom is -0.403 e. The Morgan fingerprint density at radius 3 is 2.72 bits per heavy atom. The normalized spacial score (nSPS) is 18.9. The molecule has 1 saturated carbocycles. The van der Waals surface area contributed by atoms with Gasteiger partial charge in [-0.05, 0) is 50.2 Å². The highest BCUT2D eigenvalue weighted by Gasteiger charge is 2.45. The number of aryl methyl sites for hydroxylation is 1. The largest absolute Gasteiger partial charge is 0.403 e. The summed E-state index contributed by atoms with van der Waals surface area (Å²) in [4.78, 5) is 14.7. The van der Waals surface area contributed by atoms with E-state index in [0.29, 0.717) is 21.8 Å². The van der Waals surface area contributed by atoms with Crippen molar-refractivity contribution in [1.82, 2.24) is 24.9 Å². The van der Waals surface area contributed by atoms with E-state index in [1.807, 2.05) is 31.1 Å². The second-order valence-corrected chi connectivity index (χ2v) is 8.67. The van der Waals surface area contributed by atoms with Gasteiger partial charge < -0.3 is 14.6 Å². The number of halogens is 1. The maximum atomic E-state index is 12.8. The van der Waals surface area contributed by atoms with E-state index in [0.717, 1.165) is 36.9 Å². The van der Waals surface area contributed by atoms with Gasteiger partial charge in [-0.1, -0.05) is 16.7 Å². The number of fused-ring (bicyclic) bond motifs is 1. The molecule has 9 heteroatoms.